The Morgan fingerprint density at radius 2 is 1.85 bits per heavy atom. The minimum absolute atomic E-state index is 0.170. The van der Waals surface area contributed by atoms with Crippen LogP contribution < -0.4 is 0 Å². The van der Waals surface area contributed by atoms with Gasteiger partial charge in [0, 0.05) is 24.2 Å². The minimum atomic E-state index is -0.170. The van der Waals surface area contributed by atoms with Gasteiger partial charge in [0.05, 0.1) is 17.0 Å². The van der Waals surface area contributed by atoms with E-state index in [-0.39, 0.29) is 11.2 Å². The molecule has 0 N–H and O–H groups in total. The number of carbonyl (C=O) groups is 1. The number of rotatable bonds is 1. The number of carbonyl (C=O) groups excluding carboxylic acids is 1. The molecule has 0 unspecified atom stereocenters. The molecule has 0 radical (unpaired) electrons. The van der Waals surface area contributed by atoms with Gasteiger partial charge in [0.15, 0.2) is 5.78 Å². The van der Waals surface area contributed by atoms with Crippen molar-refractivity contribution in [1.29, 1.82) is 0 Å². The number of hydrogen-bond donors (Lipinski definition) is 0. The Balaban J connectivity index is 2.25. The van der Waals surface area contributed by atoms with Crippen molar-refractivity contribution in [2.24, 2.45) is 0 Å². The summed E-state index contributed by atoms with van der Waals surface area (Å²) in [6.07, 6.45) is 5.71. The second-order valence-corrected chi connectivity index (χ2v) is 6.16. The molecule has 0 saturated carbocycles. The molecule has 0 atom stereocenters. The number of fused-ring (bicyclic) bond motifs is 1. The zero-order chi connectivity index (χ0) is 14.3. The largest absolute Gasteiger partial charge is 0.294 e. The van der Waals surface area contributed by atoms with Gasteiger partial charge in [0.2, 0.25) is 0 Å². The summed E-state index contributed by atoms with van der Waals surface area (Å²) >= 11 is 0. The molecule has 1 aliphatic rings. The first-order chi connectivity index (χ1) is 9.48. The molecule has 2 aromatic heterocycles. The number of hydrogen-bond acceptors (Lipinski definition) is 4. The van der Waals surface area contributed by atoms with Crippen LogP contribution in [0.5, 0.6) is 0 Å². The van der Waals surface area contributed by atoms with Crippen LogP contribution in [0.2, 0.25) is 0 Å². The van der Waals surface area contributed by atoms with Crippen molar-refractivity contribution in [2.75, 3.05) is 0 Å². The Morgan fingerprint density at radius 1 is 1.15 bits per heavy atom. The van der Waals surface area contributed by atoms with Crippen molar-refractivity contribution in [2.45, 2.75) is 45.4 Å². The molecule has 0 aromatic carbocycles. The lowest BCUT2D eigenvalue weighted by atomic mass is 9.84. The number of nitrogens with zero attached hydrogens (tertiary/aromatic N) is 4. The molecule has 2 heterocycles. The Kier molecular flexibility index (Phi) is 2.92. The standard InChI is InChI=1S/C15H18N4O/c1-15(2,3)13-12-10(6-4-7-11(12)20)19(18-13)14-16-8-5-9-17-14/h5,8-9H,4,6-7H2,1-3H3. The van der Waals surface area contributed by atoms with Crippen molar-refractivity contribution < 1.29 is 4.79 Å². The van der Waals surface area contributed by atoms with E-state index in [1.165, 1.54) is 0 Å². The van der Waals surface area contributed by atoms with E-state index in [0.29, 0.717) is 12.4 Å². The van der Waals surface area contributed by atoms with Crippen molar-refractivity contribution in [3.05, 3.63) is 35.4 Å². The molecule has 5 nitrogen and oxygen atoms in total. The summed E-state index contributed by atoms with van der Waals surface area (Å²) in [5, 5.41) is 4.65. The third kappa shape index (κ3) is 2.03. The molecule has 2 aromatic rings. The van der Waals surface area contributed by atoms with Crippen molar-refractivity contribution in [3.8, 4) is 5.95 Å². The molecule has 0 saturated heterocycles. The zero-order valence-corrected chi connectivity index (χ0v) is 12.1. The molecule has 0 bridgehead atoms. The molecule has 3 rings (SSSR count). The van der Waals surface area contributed by atoms with Crippen molar-refractivity contribution >= 4 is 5.78 Å². The lowest BCUT2D eigenvalue weighted by Crippen LogP contribution is -2.19. The third-order valence-corrected chi connectivity index (χ3v) is 3.53. The summed E-state index contributed by atoms with van der Waals surface area (Å²) in [6, 6.07) is 1.77. The Morgan fingerprint density at radius 3 is 2.50 bits per heavy atom. The molecule has 20 heavy (non-hydrogen) atoms. The average molecular weight is 270 g/mol. The van der Waals surface area contributed by atoms with E-state index in [1.54, 1.807) is 23.1 Å². The quantitative estimate of drug-likeness (QED) is 0.798. The molecule has 1 aliphatic carbocycles. The highest BCUT2D eigenvalue weighted by atomic mass is 16.1. The van der Waals surface area contributed by atoms with Gasteiger partial charge in [-0.05, 0) is 18.9 Å². The van der Waals surface area contributed by atoms with E-state index in [9.17, 15) is 4.79 Å². The van der Waals surface area contributed by atoms with Gasteiger partial charge < -0.3 is 0 Å². The zero-order valence-electron chi connectivity index (χ0n) is 12.1. The van der Waals surface area contributed by atoms with Gasteiger partial charge in [0.25, 0.3) is 5.95 Å². The molecule has 0 aliphatic heterocycles. The summed E-state index contributed by atoms with van der Waals surface area (Å²) in [6.45, 7) is 6.23. The maximum Gasteiger partial charge on any atom is 0.250 e. The Labute approximate surface area is 118 Å². The van der Waals surface area contributed by atoms with Gasteiger partial charge in [-0.3, -0.25) is 4.79 Å². The normalized spacial score (nSPS) is 15.2. The lowest BCUT2D eigenvalue weighted by molar-refractivity contribution is 0.0970. The van der Waals surface area contributed by atoms with Crippen molar-refractivity contribution in [1.82, 2.24) is 19.7 Å². The third-order valence-electron chi connectivity index (χ3n) is 3.53. The van der Waals surface area contributed by atoms with Crippen LogP contribution in [0.15, 0.2) is 18.5 Å². The minimum Gasteiger partial charge on any atom is -0.294 e. The van der Waals surface area contributed by atoms with Crippen LogP contribution in [0.1, 0.15) is 55.4 Å². The van der Waals surface area contributed by atoms with Crippen LogP contribution in [0.4, 0.5) is 0 Å². The van der Waals surface area contributed by atoms with E-state index in [2.05, 4.69) is 35.8 Å². The average Bonchev–Trinajstić information content (AvgIpc) is 2.81. The van der Waals surface area contributed by atoms with E-state index in [1.807, 2.05) is 0 Å². The predicted molar refractivity (Wildman–Crippen MR) is 75.1 cm³/mol. The van der Waals surface area contributed by atoms with Crippen LogP contribution in [-0.4, -0.2) is 25.5 Å². The topological polar surface area (TPSA) is 60.7 Å². The van der Waals surface area contributed by atoms with Crippen LogP contribution in [0.3, 0.4) is 0 Å². The lowest BCUT2D eigenvalue weighted by Gasteiger charge is -2.18. The highest BCUT2D eigenvalue weighted by molar-refractivity contribution is 5.99. The highest BCUT2D eigenvalue weighted by Crippen LogP contribution is 2.32. The Hall–Kier alpha value is -2.04. The second kappa shape index (κ2) is 4.51. The van der Waals surface area contributed by atoms with Gasteiger partial charge in [-0.25, -0.2) is 14.6 Å². The van der Waals surface area contributed by atoms with E-state index in [0.717, 1.165) is 29.8 Å². The van der Waals surface area contributed by atoms with Gasteiger partial charge in [-0.2, -0.15) is 5.10 Å². The van der Waals surface area contributed by atoms with E-state index < -0.39 is 0 Å². The molecule has 0 fully saturated rings. The van der Waals surface area contributed by atoms with Crippen LogP contribution in [0, 0.1) is 0 Å². The first-order valence-corrected chi connectivity index (χ1v) is 6.91. The molecule has 0 spiro atoms. The van der Waals surface area contributed by atoms with Gasteiger partial charge in [0.1, 0.15) is 0 Å². The maximum atomic E-state index is 12.3. The number of aromatic nitrogens is 4. The van der Waals surface area contributed by atoms with E-state index >= 15 is 0 Å². The molecule has 5 heteroatoms. The maximum absolute atomic E-state index is 12.3. The van der Waals surface area contributed by atoms with Crippen LogP contribution in [0.25, 0.3) is 5.95 Å². The fourth-order valence-electron chi connectivity index (χ4n) is 2.61. The van der Waals surface area contributed by atoms with Gasteiger partial charge >= 0.3 is 0 Å². The van der Waals surface area contributed by atoms with Crippen LogP contribution >= 0.6 is 0 Å². The second-order valence-electron chi connectivity index (χ2n) is 6.16. The van der Waals surface area contributed by atoms with Gasteiger partial charge in [-0.1, -0.05) is 20.8 Å². The number of ketones is 1. The summed E-state index contributed by atoms with van der Waals surface area (Å²) in [5.41, 5.74) is 2.43. The Bertz CT molecular complexity index is 653. The molecule has 104 valence electrons. The first kappa shape index (κ1) is 13.0. The summed E-state index contributed by atoms with van der Waals surface area (Å²) < 4.78 is 1.74. The molecular formula is C15H18N4O. The predicted octanol–water partition coefficient (Wildman–Crippen LogP) is 2.48. The molecule has 0 amide bonds. The fourth-order valence-corrected chi connectivity index (χ4v) is 2.61. The van der Waals surface area contributed by atoms with Crippen molar-refractivity contribution in [3.63, 3.8) is 0 Å². The fraction of sp³-hybridized carbons (Fsp3) is 0.467. The summed E-state index contributed by atoms with van der Waals surface area (Å²) in [7, 11) is 0. The van der Waals surface area contributed by atoms with Gasteiger partial charge in [-0.15, -0.1) is 0 Å². The SMILES string of the molecule is CC(C)(C)c1nn(-c2ncccn2)c2c1C(=O)CCC2. The smallest absolute Gasteiger partial charge is 0.250 e. The summed E-state index contributed by atoms with van der Waals surface area (Å²) in [4.78, 5) is 20.8. The van der Waals surface area contributed by atoms with E-state index in [4.69, 9.17) is 0 Å². The van der Waals surface area contributed by atoms with Crippen LogP contribution in [-0.2, 0) is 11.8 Å². The highest BCUT2D eigenvalue weighted by Gasteiger charge is 2.33. The first-order valence-electron chi connectivity index (χ1n) is 6.91. The monoisotopic (exact) mass is 270 g/mol. The summed E-state index contributed by atoms with van der Waals surface area (Å²) in [5.74, 6) is 0.729. The molecular weight excluding hydrogens is 252 g/mol. The number of Topliss-reactive ketones (excluding diaryl/α,β-unsaturated/α-hetero) is 1.